The fraction of sp³-hybridized carbons (Fsp3) is 0.176. The van der Waals surface area contributed by atoms with Crippen LogP contribution in [0.5, 0.6) is 0 Å². The van der Waals surface area contributed by atoms with Gasteiger partial charge in [0.15, 0.2) is 0 Å². The van der Waals surface area contributed by atoms with Crippen molar-refractivity contribution in [2.24, 2.45) is 0 Å². The Morgan fingerprint density at radius 3 is 2.61 bits per heavy atom. The van der Waals surface area contributed by atoms with Gasteiger partial charge < -0.3 is 16.0 Å². The van der Waals surface area contributed by atoms with Crippen LogP contribution in [-0.2, 0) is 4.79 Å². The van der Waals surface area contributed by atoms with Crippen molar-refractivity contribution >= 4 is 34.8 Å². The average molecular weight is 332 g/mol. The summed E-state index contributed by atoms with van der Waals surface area (Å²) < 4.78 is 0. The number of carbonyl (C=O) groups is 2. The van der Waals surface area contributed by atoms with E-state index in [-0.39, 0.29) is 18.4 Å². The van der Waals surface area contributed by atoms with E-state index in [4.69, 9.17) is 11.6 Å². The van der Waals surface area contributed by atoms with Crippen molar-refractivity contribution in [2.45, 2.75) is 6.92 Å². The largest absolute Gasteiger partial charge is 0.376 e. The van der Waals surface area contributed by atoms with E-state index < -0.39 is 0 Å². The third kappa shape index (κ3) is 5.00. The van der Waals surface area contributed by atoms with Crippen LogP contribution in [0.4, 0.5) is 11.4 Å². The Kier molecular flexibility index (Phi) is 6.00. The molecule has 0 aromatic heterocycles. The zero-order valence-corrected chi connectivity index (χ0v) is 13.5. The molecule has 2 rings (SSSR count). The predicted molar refractivity (Wildman–Crippen MR) is 93.0 cm³/mol. The fourth-order valence-corrected chi connectivity index (χ4v) is 2.16. The zero-order chi connectivity index (χ0) is 16.7. The highest BCUT2D eigenvalue weighted by molar-refractivity contribution is 6.33. The molecule has 0 saturated heterocycles. The summed E-state index contributed by atoms with van der Waals surface area (Å²) in [6.07, 6.45) is 0. The quantitative estimate of drug-likeness (QED) is 0.761. The second-order valence-electron chi connectivity index (χ2n) is 4.82. The Morgan fingerprint density at radius 1 is 1.09 bits per heavy atom. The number of rotatable bonds is 6. The number of amides is 2. The number of para-hydroxylation sites is 1. The molecule has 0 fully saturated rings. The monoisotopic (exact) mass is 331 g/mol. The van der Waals surface area contributed by atoms with Crippen LogP contribution in [0.25, 0.3) is 0 Å². The van der Waals surface area contributed by atoms with Crippen molar-refractivity contribution in [3.8, 4) is 0 Å². The van der Waals surface area contributed by atoms with Gasteiger partial charge in [-0.1, -0.05) is 29.8 Å². The highest BCUT2D eigenvalue weighted by atomic mass is 35.5. The van der Waals surface area contributed by atoms with Crippen LogP contribution in [0, 0.1) is 0 Å². The molecule has 0 heterocycles. The minimum Gasteiger partial charge on any atom is -0.376 e. The topological polar surface area (TPSA) is 70.2 Å². The fourth-order valence-electron chi connectivity index (χ4n) is 1.97. The summed E-state index contributed by atoms with van der Waals surface area (Å²) in [5.74, 6) is -0.363. The van der Waals surface area contributed by atoms with Crippen LogP contribution in [0.2, 0.25) is 5.02 Å². The molecule has 0 atom stereocenters. The van der Waals surface area contributed by atoms with Crippen molar-refractivity contribution in [1.82, 2.24) is 5.32 Å². The lowest BCUT2D eigenvalue weighted by molar-refractivity contribution is -0.114. The van der Waals surface area contributed by atoms with E-state index in [0.717, 1.165) is 0 Å². The molecule has 0 aliphatic heterocycles. The SMILES string of the molecule is CCNC(=O)c1cccc(NCC(=O)Nc2ccccc2Cl)c1. The van der Waals surface area contributed by atoms with Crippen LogP contribution in [0.3, 0.4) is 0 Å². The summed E-state index contributed by atoms with van der Waals surface area (Å²) >= 11 is 5.99. The molecule has 0 unspecified atom stereocenters. The van der Waals surface area contributed by atoms with Gasteiger partial charge in [-0.2, -0.15) is 0 Å². The van der Waals surface area contributed by atoms with Crippen LogP contribution >= 0.6 is 11.6 Å². The smallest absolute Gasteiger partial charge is 0.251 e. The highest BCUT2D eigenvalue weighted by Crippen LogP contribution is 2.20. The van der Waals surface area contributed by atoms with Gasteiger partial charge in [-0.15, -0.1) is 0 Å². The van der Waals surface area contributed by atoms with Gasteiger partial charge in [0.1, 0.15) is 0 Å². The first-order valence-corrected chi connectivity index (χ1v) is 7.64. The summed E-state index contributed by atoms with van der Waals surface area (Å²) in [4.78, 5) is 23.7. The van der Waals surface area contributed by atoms with Gasteiger partial charge in [0.2, 0.25) is 5.91 Å². The van der Waals surface area contributed by atoms with Crippen molar-refractivity contribution in [3.63, 3.8) is 0 Å². The molecule has 0 saturated carbocycles. The van der Waals surface area contributed by atoms with Gasteiger partial charge in [-0.05, 0) is 37.3 Å². The van der Waals surface area contributed by atoms with Gasteiger partial charge in [-0.3, -0.25) is 9.59 Å². The van der Waals surface area contributed by atoms with Crippen molar-refractivity contribution < 1.29 is 9.59 Å². The lowest BCUT2D eigenvalue weighted by Crippen LogP contribution is -2.23. The van der Waals surface area contributed by atoms with Gasteiger partial charge in [0, 0.05) is 17.8 Å². The average Bonchev–Trinajstić information content (AvgIpc) is 2.56. The van der Waals surface area contributed by atoms with Crippen LogP contribution in [-0.4, -0.2) is 24.9 Å². The molecule has 0 aliphatic carbocycles. The second-order valence-corrected chi connectivity index (χ2v) is 5.23. The number of hydrogen-bond acceptors (Lipinski definition) is 3. The third-order valence-electron chi connectivity index (χ3n) is 3.06. The van der Waals surface area contributed by atoms with Gasteiger partial charge >= 0.3 is 0 Å². The molecule has 2 aromatic carbocycles. The Balaban J connectivity index is 1.93. The first-order valence-electron chi connectivity index (χ1n) is 7.26. The summed E-state index contributed by atoms with van der Waals surface area (Å²) in [6.45, 7) is 2.50. The van der Waals surface area contributed by atoms with Crippen molar-refractivity contribution in [3.05, 3.63) is 59.1 Å². The van der Waals surface area contributed by atoms with E-state index in [0.29, 0.717) is 28.5 Å². The lowest BCUT2D eigenvalue weighted by Gasteiger charge is -2.10. The van der Waals surface area contributed by atoms with E-state index in [1.807, 2.05) is 6.92 Å². The number of anilines is 2. The Hall–Kier alpha value is -2.53. The number of carbonyl (C=O) groups excluding carboxylic acids is 2. The van der Waals surface area contributed by atoms with Gasteiger partial charge in [0.25, 0.3) is 5.91 Å². The molecule has 0 spiro atoms. The standard InChI is InChI=1S/C17H18ClN3O2/c1-2-19-17(23)12-6-5-7-13(10-12)20-11-16(22)21-15-9-4-3-8-14(15)18/h3-10,20H,2,11H2,1H3,(H,19,23)(H,21,22). The molecular weight excluding hydrogens is 314 g/mol. The Bertz CT molecular complexity index is 704. The Morgan fingerprint density at radius 2 is 1.87 bits per heavy atom. The highest BCUT2D eigenvalue weighted by Gasteiger charge is 2.07. The van der Waals surface area contributed by atoms with E-state index in [9.17, 15) is 9.59 Å². The first-order chi connectivity index (χ1) is 11.1. The molecule has 6 heteroatoms. The zero-order valence-electron chi connectivity index (χ0n) is 12.7. The summed E-state index contributed by atoms with van der Waals surface area (Å²) in [6, 6.07) is 14.0. The van der Waals surface area contributed by atoms with Gasteiger partial charge in [0.05, 0.1) is 17.3 Å². The molecule has 5 nitrogen and oxygen atoms in total. The van der Waals surface area contributed by atoms with Crippen LogP contribution < -0.4 is 16.0 Å². The molecule has 0 aliphatic rings. The minimum atomic E-state index is -0.221. The maximum absolute atomic E-state index is 11.9. The Labute approximate surface area is 140 Å². The number of benzene rings is 2. The van der Waals surface area contributed by atoms with Crippen molar-refractivity contribution in [2.75, 3.05) is 23.7 Å². The molecular formula is C17H18ClN3O2. The summed E-state index contributed by atoms with van der Waals surface area (Å²) in [7, 11) is 0. The molecule has 120 valence electrons. The van der Waals surface area contributed by atoms with Crippen molar-refractivity contribution in [1.29, 1.82) is 0 Å². The normalized spacial score (nSPS) is 10.0. The number of hydrogen-bond donors (Lipinski definition) is 3. The van der Waals surface area contributed by atoms with E-state index in [1.165, 1.54) is 0 Å². The van der Waals surface area contributed by atoms with E-state index in [2.05, 4.69) is 16.0 Å². The first kappa shape index (κ1) is 16.8. The predicted octanol–water partition coefficient (Wildman–Crippen LogP) is 3.14. The maximum atomic E-state index is 11.9. The second kappa shape index (κ2) is 8.19. The molecule has 23 heavy (non-hydrogen) atoms. The lowest BCUT2D eigenvalue weighted by atomic mass is 10.2. The number of halogens is 1. The summed E-state index contributed by atoms with van der Waals surface area (Å²) in [5, 5.41) is 8.93. The maximum Gasteiger partial charge on any atom is 0.251 e. The van der Waals surface area contributed by atoms with Crippen LogP contribution in [0.15, 0.2) is 48.5 Å². The van der Waals surface area contributed by atoms with E-state index in [1.54, 1.807) is 48.5 Å². The molecule has 2 amide bonds. The summed E-state index contributed by atoms with van der Waals surface area (Å²) in [5.41, 5.74) is 1.81. The molecule has 3 N–H and O–H groups in total. The molecule has 0 radical (unpaired) electrons. The molecule has 2 aromatic rings. The number of nitrogens with one attached hydrogen (secondary N) is 3. The molecule has 0 bridgehead atoms. The van der Waals surface area contributed by atoms with Crippen LogP contribution in [0.1, 0.15) is 17.3 Å². The minimum absolute atomic E-state index is 0.0735. The van der Waals surface area contributed by atoms with E-state index >= 15 is 0 Å². The third-order valence-corrected chi connectivity index (χ3v) is 3.39. The van der Waals surface area contributed by atoms with Gasteiger partial charge in [-0.25, -0.2) is 0 Å².